The molecule has 5 heteroatoms. The van der Waals surface area contributed by atoms with Gasteiger partial charge < -0.3 is 9.47 Å². The van der Waals surface area contributed by atoms with E-state index in [0.29, 0.717) is 11.1 Å². The van der Waals surface area contributed by atoms with Crippen LogP contribution >= 0.6 is 15.9 Å². The third-order valence-corrected chi connectivity index (χ3v) is 7.50. The molecule has 0 spiro atoms. The Kier molecular flexibility index (Phi) is 4.69. The van der Waals surface area contributed by atoms with E-state index in [-0.39, 0.29) is 47.3 Å². The highest BCUT2D eigenvalue weighted by molar-refractivity contribution is 9.10. The zero-order valence-corrected chi connectivity index (χ0v) is 17.3. The molecule has 2 saturated carbocycles. The van der Waals surface area contributed by atoms with E-state index in [4.69, 9.17) is 9.47 Å². The van der Waals surface area contributed by atoms with Gasteiger partial charge in [0, 0.05) is 27.8 Å². The number of esters is 2. The largest absolute Gasteiger partial charge is 0.458 e. The van der Waals surface area contributed by atoms with Crippen molar-refractivity contribution in [2.24, 2.45) is 23.2 Å². The third kappa shape index (κ3) is 3.14. The molecule has 1 aliphatic heterocycles. The molecule has 1 aromatic rings. The highest BCUT2D eigenvalue weighted by atomic mass is 79.9. The summed E-state index contributed by atoms with van der Waals surface area (Å²) in [5.74, 6) is -0.121. The van der Waals surface area contributed by atoms with E-state index in [1.54, 1.807) is 12.1 Å². The van der Waals surface area contributed by atoms with Crippen molar-refractivity contribution in [2.75, 3.05) is 0 Å². The first-order valence-electron chi connectivity index (χ1n) is 9.66. The number of benzene rings is 1. The first kappa shape index (κ1) is 18.7. The summed E-state index contributed by atoms with van der Waals surface area (Å²) >= 11 is 3.40. The van der Waals surface area contributed by atoms with Crippen LogP contribution < -0.4 is 0 Å². The number of carbonyl (C=O) groups is 2. The van der Waals surface area contributed by atoms with E-state index < -0.39 is 0 Å². The summed E-state index contributed by atoms with van der Waals surface area (Å²) in [6, 6.07) is 7.26. The van der Waals surface area contributed by atoms with Crippen LogP contribution in [0, 0.1) is 23.2 Å². The second kappa shape index (κ2) is 6.77. The minimum atomic E-state index is -0.295. The fraction of sp³-hybridized carbons (Fsp3) is 0.545. The first-order valence-corrected chi connectivity index (χ1v) is 10.5. The topological polar surface area (TPSA) is 52.6 Å². The van der Waals surface area contributed by atoms with Gasteiger partial charge in [0.05, 0.1) is 5.56 Å². The summed E-state index contributed by atoms with van der Waals surface area (Å²) in [5, 5.41) is 0. The van der Waals surface area contributed by atoms with Gasteiger partial charge in [0.15, 0.2) is 0 Å². The van der Waals surface area contributed by atoms with Gasteiger partial charge in [-0.25, -0.2) is 9.59 Å². The Morgan fingerprint density at radius 2 is 2.07 bits per heavy atom. The minimum absolute atomic E-state index is 0.109. The molecule has 27 heavy (non-hydrogen) atoms. The van der Waals surface area contributed by atoms with Gasteiger partial charge in [0.2, 0.25) is 0 Å². The minimum Gasteiger partial charge on any atom is -0.458 e. The fourth-order valence-electron chi connectivity index (χ4n) is 5.52. The Bertz CT molecular complexity index is 803. The number of hydrogen-bond donors (Lipinski definition) is 0. The lowest BCUT2D eigenvalue weighted by molar-refractivity contribution is -0.159. The lowest BCUT2D eigenvalue weighted by Crippen LogP contribution is -2.53. The molecule has 144 valence electrons. The highest BCUT2D eigenvalue weighted by Crippen LogP contribution is 2.58. The van der Waals surface area contributed by atoms with Crippen LogP contribution in [-0.2, 0) is 14.3 Å². The van der Waals surface area contributed by atoms with Crippen molar-refractivity contribution in [1.82, 2.24) is 0 Å². The maximum absolute atomic E-state index is 12.6. The Morgan fingerprint density at radius 3 is 2.81 bits per heavy atom. The molecule has 6 unspecified atom stereocenters. The van der Waals surface area contributed by atoms with Crippen molar-refractivity contribution < 1.29 is 19.1 Å². The average molecular weight is 433 g/mol. The predicted molar refractivity (Wildman–Crippen MR) is 105 cm³/mol. The number of fused-ring (bicyclic) bond motifs is 3. The third-order valence-electron chi connectivity index (χ3n) is 7.01. The van der Waals surface area contributed by atoms with Gasteiger partial charge in [-0.1, -0.05) is 42.4 Å². The summed E-state index contributed by atoms with van der Waals surface area (Å²) in [5.41, 5.74) is 1.28. The number of ether oxygens (including phenoxy) is 2. The van der Waals surface area contributed by atoms with Crippen molar-refractivity contribution in [3.05, 3.63) is 46.5 Å². The van der Waals surface area contributed by atoms with Crippen LogP contribution in [0.1, 0.15) is 49.9 Å². The Hall–Kier alpha value is -1.62. The Labute approximate surface area is 168 Å². The molecule has 3 fully saturated rings. The Morgan fingerprint density at radius 1 is 1.33 bits per heavy atom. The fourth-order valence-corrected chi connectivity index (χ4v) is 5.92. The molecule has 0 amide bonds. The molecule has 0 aromatic heterocycles. The average Bonchev–Trinajstić information content (AvgIpc) is 2.91. The van der Waals surface area contributed by atoms with E-state index >= 15 is 0 Å². The summed E-state index contributed by atoms with van der Waals surface area (Å²) in [6.07, 6.45) is 3.54. The number of carbonyl (C=O) groups excluding carboxylic acids is 2. The van der Waals surface area contributed by atoms with Crippen molar-refractivity contribution in [3.63, 3.8) is 0 Å². The first-order chi connectivity index (χ1) is 12.8. The smallest absolute Gasteiger partial charge is 0.338 e. The van der Waals surface area contributed by atoms with Gasteiger partial charge in [-0.3, -0.25) is 0 Å². The summed E-state index contributed by atoms with van der Waals surface area (Å²) in [6.45, 7) is 8.39. The summed E-state index contributed by atoms with van der Waals surface area (Å²) in [4.78, 5) is 24.7. The summed E-state index contributed by atoms with van der Waals surface area (Å²) in [7, 11) is 0. The molecule has 0 bridgehead atoms. The van der Waals surface area contributed by atoms with E-state index in [2.05, 4.69) is 36.4 Å². The number of hydrogen-bond acceptors (Lipinski definition) is 4. The molecule has 1 saturated heterocycles. The van der Waals surface area contributed by atoms with Gasteiger partial charge >= 0.3 is 11.9 Å². The number of halogens is 1. The lowest BCUT2D eigenvalue weighted by atomic mass is 9.53. The van der Waals surface area contributed by atoms with E-state index in [1.165, 1.54) is 0 Å². The van der Waals surface area contributed by atoms with Gasteiger partial charge in [-0.15, -0.1) is 0 Å². The highest BCUT2D eigenvalue weighted by Gasteiger charge is 2.58. The van der Waals surface area contributed by atoms with Crippen molar-refractivity contribution in [2.45, 2.75) is 51.7 Å². The van der Waals surface area contributed by atoms with Crippen LogP contribution in [0.3, 0.4) is 0 Å². The molecular formula is C22H25BrO4. The van der Waals surface area contributed by atoms with Gasteiger partial charge in [-0.2, -0.15) is 0 Å². The van der Waals surface area contributed by atoms with Gasteiger partial charge in [-0.05, 0) is 49.3 Å². The maximum Gasteiger partial charge on any atom is 0.338 e. The molecule has 4 rings (SSSR count). The van der Waals surface area contributed by atoms with Crippen molar-refractivity contribution >= 4 is 27.9 Å². The van der Waals surface area contributed by atoms with Crippen LogP contribution in [0.4, 0.5) is 0 Å². The van der Waals surface area contributed by atoms with Crippen LogP contribution in [0.25, 0.3) is 0 Å². The van der Waals surface area contributed by atoms with Crippen molar-refractivity contribution in [1.29, 1.82) is 0 Å². The molecular weight excluding hydrogens is 408 g/mol. The predicted octanol–water partition coefficient (Wildman–Crippen LogP) is 4.92. The summed E-state index contributed by atoms with van der Waals surface area (Å²) < 4.78 is 12.5. The molecule has 2 aliphatic carbocycles. The maximum atomic E-state index is 12.6. The molecule has 0 radical (unpaired) electrons. The quantitative estimate of drug-likeness (QED) is 0.491. The van der Waals surface area contributed by atoms with Crippen LogP contribution in [0.15, 0.2) is 40.9 Å². The molecule has 0 N–H and O–H groups in total. The standard InChI is InChI=1S/C22H25BrO4/c1-12-16-7-9-22(3)10-8-17(13(2)18(22)19(16)27-20(12)24)26-21(25)14-5-4-6-15(23)11-14/h4-6,11,13,16-19H,1,7-10H2,2-3H3. The monoisotopic (exact) mass is 432 g/mol. The van der Waals surface area contributed by atoms with Crippen molar-refractivity contribution in [3.8, 4) is 0 Å². The van der Waals surface area contributed by atoms with E-state index in [1.807, 2.05) is 12.1 Å². The van der Waals surface area contributed by atoms with Crippen LogP contribution in [-0.4, -0.2) is 24.1 Å². The molecule has 1 heterocycles. The van der Waals surface area contributed by atoms with E-state index in [9.17, 15) is 9.59 Å². The Balaban J connectivity index is 1.55. The molecule has 4 nitrogen and oxygen atoms in total. The van der Waals surface area contributed by atoms with Gasteiger partial charge in [0.25, 0.3) is 0 Å². The normalized spacial score (nSPS) is 38.0. The van der Waals surface area contributed by atoms with Gasteiger partial charge in [0.1, 0.15) is 12.2 Å². The zero-order valence-electron chi connectivity index (χ0n) is 15.7. The molecule has 3 aliphatic rings. The molecule has 1 aromatic carbocycles. The lowest BCUT2D eigenvalue weighted by Gasteiger charge is -2.54. The second-order valence-electron chi connectivity index (χ2n) is 8.57. The van der Waals surface area contributed by atoms with E-state index in [0.717, 1.165) is 30.2 Å². The number of rotatable bonds is 2. The van der Waals surface area contributed by atoms with Crippen LogP contribution in [0.5, 0.6) is 0 Å². The second-order valence-corrected chi connectivity index (χ2v) is 9.49. The molecule has 6 atom stereocenters. The van der Waals surface area contributed by atoms with Crippen LogP contribution in [0.2, 0.25) is 0 Å². The SMILES string of the molecule is C=C1C(=O)OC2C1CCC1(C)CCC(OC(=O)c3cccc(Br)c3)C(C)C21. The zero-order chi connectivity index (χ0) is 19.3.